The predicted molar refractivity (Wildman–Crippen MR) is 148 cm³/mol. The molecular formula is C27H31ClN8O2. The van der Waals surface area contributed by atoms with Crippen molar-refractivity contribution in [1.29, 1.82) is 0 Å². The summed E-state index contributed by atoms with van der Waals surface area (Å²) in [4.78, 5) is 41.8. The van der Waals surface area contributed by atoms with Crippen LogP contribution in [0.5, 0.6) is 0 Å². The first-order chi connectivity index (χ1) is 18.3. The van der Waals surface area contributed by atoms with Crippen molar-refractivity contribution in [3.8, 4) is 0 Å². The number of benzene rings is 1. The van der Waals surface area contributed by atoms with Crippen molar-refractivity contribution in [2.24, 2.45) is 5.92 Å². The molecule has 1 saturated heterocycles. The van der Waals surface area contributed by atoms with Crippen molar-refractivity contribution in [2.45, 2.75) is 32.1 Å². The van der Waals surface area contributed by atoms with Gasteiger partial charge in [-0.1, -0.05) is 11.6 Å². The molecule has 4 heterocycles. The largest absolute Gasteiger partial charge is 0.339 e. The molecule has 2 aromatic heterocycles. The average Bonchev–Trinajstić information content (AvgIpc) is 2.91. The maximum absolute atomic E-state index is 13.0. The number of nitrogens with one attached hydrogen (secondary N) is 3. The molecule has 0 spiro atoms. The Balaban J connectivity index is 1.32. The van der Waals surface area contributed by atoms with Gasteiger partial charge in [0.2, 0.25) is 11.9 Å². The van der Waals surface area contributed by atoms with Gasteiger partial charge in [-0.15, -0.1) is 0 Å². The van der Waals surface area contributed by atoms with Crippen LogP contribution < -0.4 is 16.0 Å². The monoisotopic (exact) mass is 534 g/mol. The number of hydrogen-bond acceptors (Lipinski definition) is 7. The average molecular weight is 535 g/mol. The second-order valence-corrected chi connectivity index (χ2v) is 10.4. The Labute approximate surface area is 226 Å². The number of carbonyl (C=O) groups is 2. The van der Waals surface area contributed by atoms with Crippen LogP contribution in [-0.2, 0) is 17.6 Å². The van der Waals surface area contributed by atoms with Crippen molar-refractivity contribution in [1.82, 2.24) is 24.8 Å². The van der Waals surface area contributed by atoms with E-state index in [-0.39, 0.29) is 17.9 Å². The number of piperidine rings is 1. The second kappa shape index (κ2) is 11.2. The van der Waals surface area contributed by atoms with Crippen LogP contribution in [0.2, 0.25) is 5.02 Å². The van der Waals surface area contributed by atoms with E-state index in [4.69, 9.17) is 11.6 Å². The fraction of sp³-hybridized carbons (Fsp3) is 0.370. The van der Waals surface area contributed by atoms with Crippen molar-refractivity contribution in [3.05, 3.63) is 59.0 Å². The van der Waals surface area contributed by atoms with Crippen molar-refractivity contribution < 1.29 is 9.59 Å². The number of halogens is 1. The number of anilines is 5. The molecule has 0 aliphatic carbocycles. The van der Waals surface area contributed by atoms with E-state index >= 15 is 0 Å². The molecule has 3 N–H and O–H groups in total. The first kappa shape index (κ1) is 25.7. The molecule has 2 aliphatic heterocycles. The minimum absolute atomic E-state index is 0.0152. The minimum Gasteiger partial charge on any atom is -0.339 e. The van der Waals surface area contributed by atoms with Gasteiger partial charge in [0.05, 0.1) is 18.1 Å². The van der Waals surface area contributed by atoms with Crippen LogP contribution in [0.3, 0.4) is 0 Å². The molecular weight excluding hydrogens is 504 g/mol. The van der Waals surface area contributed by atoms with E-state index in [1.54, 1.807) is 31.4 Å². The summed E-state index contributed by atoms with van der Waals surface area (Å²) in [7, 11) is 3.52. The molecule has 5 rings (SSSR count). The first-order valence-corrected chi connectivity index (χ1v) is 13.1. The molecule has 1 aromatic carbocycles. The number of aromatic nitrogens is 3. The van der Waals surface area contributed by atoms with Crippen LogP contribution >= 0.6 is 11.6 Å². The van der Waals surface area contributed by atoms with Crippen LogP contribution in [0, 0.1) is 5.92 Å². The van der Waals surface area contributed by atoms with Crippen LogP contribution in [0.15, 0.2) is 42.9 Å². The third-order valence-corrected chi connectivity index (χ3v) is 7.14. The Morgan fingerprint density at radius 1 is 1.08 bits per heavy atom. The lowest BCUT2D eigenvalue weighted by molar-refractivity contribution is -0.117. The maximum atomic E-state index is 13.0. The molecule has 0 unspecified atom stereocenters. The van der Waals surface area contributed by atoms with Gasteiger partial charge in [-0.05, 0) is 67.0 Å². The third kappa shape index (κ3) is 6.13. The third-order valence-electron chi connectivity index (χ3n) is 6.86. The van der Waals surface area contributed by atoms with Gasteiger partial charge in [-0.3, -0.25) is 9.78 Å². The van der Waals surface area contributed by atoms with E-state index in [1.165, 1.54) is 0 Å². The quantitative estimate of drug-likeness (QED) is 0.440. The molecule has 38 heavy (non-hydrogen) atoms. The number of amides is 3. The Bertz CT molecular complexity index is 1340. The summed E-state index contributed by atoms with van der Waals surface area (Å²) in [5.41, 5.74) is 4.43. The molecule has 0 radical (unpaired) electrons. The van der Waals surface area contributed by atoms with E-state index in [0.29, 0.717) is 42.7 Å². The number of hydrogen-bond donors (Lipinski definition) is 3. The van der Waals surface area contributed by atoms with Crippen LogP contribution in [0.25, 0.3) is 0 Å². The normalized spacial score (nSPS) is 15.2. The molecule has 198 valence electrons. The number of urea groups is 1. The molecule has 1 fully saturated rings. The van der Waals surface area contributed by atoms with E-state index < -0.39 is 0 Å². The maximum Gasteiger partial charge on any atom is 0.319 e. The highest BCUT2D eigenvalue weighted by atomic mass is 35.5. The molecule has 2 aliphatic rings. The summed E-state index contributed by atoms with van der Waals surface area (Å²) in [5, 5.41) is 9.99. The Hall–Kier alpha value is -3.92. The zero-order valence-corrected chi connectivity index (χ0v) is 22.3. The van der Waals surface area contributed by atoms with E-state index in [1.807, 2.05) is 35.4 Å². The number of nitrogens with zero attached hydrogens (tertiary/aromatic N) is 5. The van der Waals surface area contributed by atoms with Gasteiger partial charge < -0.3 is 25.8 Å². The summed E-state index contributed by atoms with van der Waals surface area (Å²) in [6, 6.07) is 7.87. The lowest BCUT2D eigenvalue weighted by Crippen LogP contribution is -2.44. The van der Waals surface area contributed by atoms with Crippen LogP contribution in [0.4, 0.5) is 33.6 Å². The SMILES string of the molecule is CN(C)C(=O)N1CCC(CC(=O)Nc2ccc3cc2CCc2cncc(c2)Nc2ncc(Cl)c(n2)N3)CC1. The number of rotatable bonds is 3. The molecule has 0 atom stereocenters. The minimum atomic E-state index is -0.0152. The van der Waals surface area contributed by atoms with E-state index in [2.05, 4.69) is 30.9 Å². The molecule has 0 saturated carbocycles. The van der Waals surface area contributed by atoms with Gasteiger partial charge in [0.25, 0.3) is 0 Å². The first-order valence-electron chi connectivity index (χ1n) is 12.7. The summed E-state index contributed by atoms with van der Waals surface area (Å²) < 4.78 is 0. The molecule has 10 nitrogen and oxygen atoms in total. The topological polar surface area (TPSA) is 115 Å². The smallest absolute Gasteiger partial charge is 0.319 e. The second-order valence-electron chi connectivity index (χ2n) is 9.95. The van der Waals surface area contributed by atoms with Crippen LogP contribution in [0.1, 0.15) is 30.4 Å². The summed E-state index contributed by atoms with van der Waals surface area (Å²) in [5.74, 6) is 1.13. The highest BCUT2D eigenvalue weighted by Crippen LogP contribution is 2.30. The van der Waals surface area contributed by atoms with E-state index in [9.17, 15) is 9.59 Å². The molecule has 6 bridgehead atoms. The van der Waals surface area contributed by atoms with Gasteiger partial charge in [0.15, 0.2) is 5.82 Å². The lowest BCUT2D eigenvalue weighted by atomic mass is 9.93. The van der Waals surface area contributed by atoms with E-state index in [0.717, 1.165) is 47.5 Å². The highest BCUT2D eigenvalue weighted by molar-refractivity contribution is 6.32. The van der Waals surface area contributed by atoms with Gasteiger partial charge in [0, 0.05) is 51.2 Å². The fourth-order valence-corrected chi connectivity index (χ4v) is 4.97. The fourth-order valence-electron chi connectivity index (χ4n) is 4.83. The molecule has 11 heteroatoms. The molecule has 3 aromatic rings. The summed E-state index contributed by atoms with van der Waals surface area (Å²) in [6.07, 6.45) is 8.63. The standard InChI is InChI=1S/C27H31ClN8O2/c1-35(2)27(38)36-9-7-17(8-10-36)12-24(37)33-23-6-5-20-13-19(23)4-3-18-11-21(15-29-14-18)32-26-30-16-22(28)25(31-20)34-26/h5-6,11,13-17H,3-4,7-10,12H2,1-2H3,(H,33,37)(H2,30,31,32,34). The Morgan fingerprint density at radius 3 is 2.68 bits per heavy atom. The number of aryl methyl sites for hydroxylation is 2. The van der Waals surface area contributed by atoms with Gasteiger partial charge in [-0.2, -0.15) is 4.98 Å². The molecule has 3 amide bonds. The highest BCUT2D eigenvalue weighted by Gasteiger charge is 2.25. The summed E-state index contributed by atoms with van der Waals surface area (Å²) >= 11 is 6.36. The Kier molecular flexibility index (Phi) is 7.59. The van der Waals surface area contributed by atoms with Crippen LogP contribution in [-0.4, -0.2) is 63.9 Å². The number of carbonyl (C=O) groups excluding carboxylic acids is 2. The zero-order valence-electron chi connectivity index (χ0n) is 21.5. The van der Waals surface area contributed by atoms with Gasteiger partial charge >= 0.3 is 6.03 Å². The lowest BCUT2D eigenvalue weighted by Gasteiger charge is -2.33. The van der Waals surface area contributed by atoms with Crippen molar-refractivity contribution >= 4 is 52.4 Å². The number of fused-ring (bicyclic) bond motifs is 6. The van der Waals surface area contributed by atoms with Crippen molar-refractivity contribution in [3.63, 3.8) is 0 Å². The van der Waals surface area contributed by atoms with Gasteiger partial charge in [-0.25, -0.2) is 9.78 Å². The number of pyridine rings is 1. The number of likely N-dealkylation sites (tertiary alicyclic amines) is 1. The summed E-state index contributed by atoms with van der Waals surface area (Å²) in [6.45, 7) is 1.35. The van der Waals surface area contributed by atoms with Crippen molar-refractivity contribution in [2.75, 3.05) is 43.1 Å². The zero-order chi connectivity index (χ0) is 26.6. The van der Waals surface area contributed by atoms with Gasteiger partial charge in [0.1, 0.15) is 5.02 Å². The Morgan fingerprint density at radius 2 is 1.89 bits per heavy atom. The predicted octanol–water partition coefficient (Wildman–Crippen LogP) is 4.83.